The van der Waals surface area contributed by atoms with Gasteiger partial charge >= 0.3 is 0 Å². The van der Waals surface area contributed by atoms with Crippen molar-refractivity contribution in [1.29, 1.82) is 0 Å². The summed E-state index contributed by atoms with van der Waals surface area (Å²) in [6, 6.07) is 6.13. The Morgan fingerprint density at radius 3 is 2.81 bits per heavy atom. The standard InChI is InChI=1S/C12H17FN2O/c1-2-3-8-14-9-12(16)15-11-7-5-4-6-10(11)13/h4-7,14H,2-3,8-9H2,1H3,(H,15,16). The smallest absolute Gasteiger partial charge is 0.238 e. The average molecular weight is 224 g/mol. The van der Waals surface area contributed by atoms with E-state index < -0.39 is 5.82 Å². The van der Waals surface area contributed by atoms with E-state index in [2.05, 4.69) is 17.6 Å². The predicted octanol–water partition coefficient (Wildman–Crippen LogP) is 2.15. The largest absolute Gasteiger partial charge is 0.322 e. The molecule has 1 aromatic carbocycles. The molecule has 88 valence electrons. The monoisotopic (exact) mass is 224 g/mol. The van der Waals surface area contributed by atoms with Gasteiger partial charge in [-0.25, -0.2) is 4.39 Å². The number of anilines is 1. The van der Waals surface area contributed by atoms with E-state index in [1.807, 2.05) is 0 Å². The van der Waals surface area contributed by atoms with E-state index >= 15 is 0 Å². The van der Waals surface area contributed by atoms with Crippen LogP contribution < -0.4 is 10.6 Å². The Hall–Kier alpha value is -1.42. The van der Waals surface area contributed by atoms with Crippen molar-refractivity contribution in [2.45, 2.75) is 19.8 Å². The fourth-order valence-electron chi connectivity index (χ4n) is 1.26. The van der Waals surface area contributed by atoms with Gasteiger partial charge in [0.2, 0.25) is 5.91 Å². The second-order valence-electron chi connectivity index (χ2n) is 3.56. The molecule has 0 spiro atoms. The van der Waals surface area contributed by atoms with Crippen LogP contribution in [-0.2, 0) is 4.79 Å². The third kappa shape index (κ3) is 4.40. The summed E-state index contributed by atoms with van der Waals surface area (Å²) >= 11 is 0. The van der Waals surface area contributed by atoms with Crippen LogP contribution in [0.1, 0.15) is 19.8 Å². The lowest BCUT2D eigenvalue weighted by Gasteiger charge is -2.06. The molecule has 0 aliphatic carbocycles. The zero-order valence-electron chi connectivity index (χ0n) is 9.42. The molecule has 0 aliphatic rings. The van der Waals surface area contributed by atoms with Gasteiger partial charge in [0.25, 0.3) is 0 Å². The molecule has 3 nitrogen and oxygen atoms in total. The molecule has 2 N–H and O–H groups in total. The number of amides is 1. The van der Waals surface area contributed by atoms with Crippen LogP contribution in [0.3, 0.4) is 0 Å². The lowest BCUT2D eigenvalue weighted by atomic mass is 10.3. The van der Waals surface area contributed by atoms with Crippen molar-refractivity contribution < 1.29 is 9.18 Å². The number of benzene rings is 1. The highest BCUT2D eigenvalue weighted by Gasteiger charge is 2.04. The maximum absolute atomic E-state index is 13.2. The molecule has 0 fully saturated rings. The zero-order valence-corrected chi connectivity index (χ0v) is 9.42. The van der Waals surface area contributed by atoms with Crippen molar-refractivity contribution >= 4 is 11.6 Å². The quantitative estimate of drug-likeness (QED) is 0.727. The first-order valence-corrected chi connectivity index (χ1v) is 5.49. The minimum absolute atomic E-state index is 0.217. The predicted molar refractivity (Wildman–Crippen MR) is 62.8 cm³/mol. The molecule has 16 heavy (non-hydrogen) atoms. The van der Waals surface area contributed by atoms with Crippen molar-refractivity contribution in [2.75, 3.05) is 18.4 Å². The number of para-hydroxylation sites is 1. The van der Waals surface area contributed by atoms with Crippen LogP contribution in [0.25, 0.3) is 0 Å². The lowest BCUT2D eigenvalue weighted by molar-refractivity contribution is -0.115. The molecular weight excluding hydrogens is 207 g/mol. The molecule has 0 bridgehead atoms. The van der Waals surface area contributed by atoms with Crippen LogP contribution in [0.2, 0.25) is 0 Å². The Labute approximate surface area is 95.0 Å². The Balaban J connectivity index is 2.32. The van der Waals surface area contributed by atoms with Gasteiger partial charge in [0.15, 0.2) is 0 Å². The SMILES string of the molecule is CCCCNCC(=O)Nc1ccccc1F. The van der Waals surface area contributed by atoms with Crippen molar-refractivity contribution in [2.24, 2.45) is 0 Å². The van der Waals surface area contributed by atoms with E-state index in [-0.39, 0.29) is 18.1 Å². The highest BCUT2D eigenvalue weighted by molar-refractivity contribution is 5.92. The lowest BCUT2D eigenvalue weighted by Crippen LogP contribution is -2.28. The van der Waals surface area contributed by atoms with Crippen molar-refractivity contribution in [3.63, 3.8) is 0 Å². The molecule has 1 amide bonds. The Morgan fingerprint density at radius 2 is 2.12 bits per heavy atom. The summed E-state index contributed by atoms with van der Waals surface area (Å²) in [5, 5.41) is 5.50. The highest BCUT2D eigenvalue weighted by Crippen LogP contribution is 2.11. The molecule has 1 aromatic rings. The van der Waals surface area contributed by atoms with Gasteiger partial charge in [-0.3, -0.25) is 4.79 Å². The molecule has 0 atom stereocenters. The third-order valence-corrected chi connectivity index (χ3v) is 2.14. The van der Waals surface area contributed by atoms with Crippen molar-refractivity contribution in [3.05, 3.63) is 30.1 Å². The van der Waals surface area contributed by atoms with Gasteiger partial charge in [-0.15, -0.1) is 0 Å². The number of nitrogens with one attached hydrogen (secondary N) is 2. The summed E-state index contributed by atoms with van der Waals surface area (Å²) in [6.07, 6.45) is 2.12. The summed E-state index contributed by atoms with van der Waals surface area (Å²) in [5.74, 6) is -0.634. The van der Waals surface area contributed by atoms with Gasteiger partial charge in [-0.05, 0) is 25.1 Å². The van der Waals surface area contributed by atoms with Gasteiger partial charge < -0.3 is 10.6 Å². The van der Waals surface area contributed by atoms with E-state index in [0.717, 1.165) is 19.4 Å². The Morgan fingerprint density at radius 1 is 1.38 bits per heavy atom. The number of hydrogen-bond donors (Lipinski definition) is 2. The molecule has 0 aromatic heterocycles. The minimum Gasteiger partial charge on any atom is -0.322 e. The van der Waals surface area contributed by atoms with Crippen LogP contribution in [0.15, 0.2) is 24.3 Å². The second kappa shape index (κ2) is 6.95. The first-order chi connectivity index (χ1) is 7.74. The van der Waals surface area contributed by atoms with Gasteiger partial charge in [0.05, 0.1) is 12.2 Å². The zero-order chi connectivity index (χ0) is 11.8. The van der Waals surface area contributed by atoms with Crippen molar-refractivity contribution in [1.82, 2.24) is 5.32 Å². The molecule has 0 saturated carbocycles. The highest BCUT2D eigenvalue weighted by atomic mass is 19.1. The summed E-state index contributed by atoms with van der Waals surface area (Å²) in [7, 11) is 0. The Bertz CT molecular complexity index is 342. The number of unbranched alkanes of at least 4 members (excludes halogenated alkanes) is 1. The maximum atomic E-state index is 13.2. The molecule has 0 unspecified atom stereocenters. The second-order valence-corrected chi connectivity index (χ2v) is 3.56. The third-order valence-electron chi connectivity index (χ3n) is 2.14. The average Bonchev–Trinajstić information content (AvgIpc) is 2.28. The maximum Gasteiger partial charge on any atom is 0.238 e. The fourth-order valence-corrected chi connectivity index (χ4v) is 1.26. The van der Waals surface area contributed by atoms with Gasteiger partial charge in [0, 0.05) is 0 Å². The van der Waals surface area contributed by atoms with Gasteiger partial charge in [-0.2, -0.15) is 0 Å². The van der Waals surface area contributed by atoms with Crippen LogP contribution in [0.4, 0.5) is 10.1 Å². The summed E-state index contributed by atoms with van der Waals surface area (Å²) in [6.45, 7) is 3.11. The van der Waals surface area contributed by atoms with Crippen LogP contribution in [0.5, 0.6) is 0 Å². The fraction of sp³-hybridized carbons (Fsp3) is 0.417. The number of hydrogen-bond acceptors (Lipinski definition) is 2. The Kier molecular flexibility index (Phi) is 5.50. The van der Waals surface area contributed by atoms with E-state index in [4.69, 9.17) is 0 Å². The first-order valence-electron chi connectivity index (χ1n) is 5.49. The molecule has 4 heteroatoms. The normalized spacial score (nSPS) is 10.1. The van der Waals surface area contributed by atoms with E-state index in [9.17, 15) is 9.18 Å². The van der Waals surface area contributed by atoms with Crippen LogP contribution >= 0.6 is 0 Å². The summed E-state index contributed by atoms with van der Waals surface area (Å²) < 4.78 is 13.2. The summed E-state index contributed by atoms with van der Waals surface area (Å²) in [5.41, 5.74) is 0.227. The van der Waals surface area contributed by atoms with E-state index in [1.54, 1.807) is 18.2 Å². The topological polar surface area (TPSA) is 41.1 Å². The van der Waals surface area contributed by atoms with Crippen molar-refractivity contribution in [3.8, 4) is 0 Å². The molecule has 0 radical (unpaired) electrons. The molecule has 0 aliphatic heterocycles. The number of carbonyl (C=O) groups is 1. The molecular formula is C12H17FN2O. The molecule has 0 saturated heterocycles. The van der Waals surface area contributed by atoms with Gasteiger partial charge in [0.1, 0.15) is 5.82 Å². The van der Waals surface area contributed by atoms with E-state index in [1.165, 1.54) is 6.07 Å². The molecule has 0 heterocycles. The van der Waals surface area contributed by atoms with E-state index in [0.29, 0.717) is 0 Å². The van der Waals surface area contributed by atoms with Crippen LogP contribution in [0, 0.1) is 5.82 Å². The summed E-state index contributed by atoms with van der Waals surface area (Å²) in [4.78, 5) is 11.4. The number of halogens is 1. The van der Waals surface area contributed by atoms with Crippen LogP contribution in [-0.4, -0.2) is 19.0 Å². The number of carbonyl (C=O) groups excluding carboxylic acids is 1. The first kappa shape index (κ1) is 12.6. The van der Waals surface area contributed by atoms with Gasteiger partial charge in [-0.1, -0.05) is 25.5 Å². The minimum atomic E-state index is -0.413. The molecule has 1 rings (SSSR count). The number of rotatable bonds is 6.